The predicted molar refractivity (Wildman–Crippen MR) is 107 cm³/mol. The van der Waals surface area contributed by atoms with Crippen LogP contribution in [0.25, 0.3) is 0 Å². The topological polar surface area (TPSA) is 72.9 Å². The SMILES string of the molecule is Cc1ccccc1N1CCN(c2ccc(NC(=O)C=CC(=O)O)cc2)CC1. The fourth-order valence-corrected chi connectivity index (χ4v) is 3.21. The Labute approximate surface area is 158 Å². The molecule has 2 N–H and O–H groups in total. The van der Waals surface area contributed by atoms with Crippen molar-refractivity contribution >= 4 is 28.9 Å². The van der Waals surface area contributed by atoms with Gasteiger partial charge in [-0.15, -0.1) is 0 Å². The number of aliphatic carboxylic acids is 1. The average Bonchev–Trinajstić information content (AvgIpc) is 2.68. The van der Waals surface area contributed by atoms with E-state index in [0.29, 0.717) is 5.69 Å². The Balaban J connectivity index is 1.56. The number of hydrogen-bond acceptors (Lipinski definition) is 4. The molecule has 1 fully saturated rings. The number of piperazine rings is 1. The van der Waals surface area contributed by atoms with Crippen molar-refractivity contribution in [2.75, 3.05) is 41.3 Å². The fourth-order valence-electron chi connectivity index (χ4n) is 3.21. The molecule has 27 heavy (non-hydrogen) atoms. The summed E-state index contributed by atoms with van der Waals surface area (Å²) in [7, 11) is 0. The molecule has 6 heteroatoms. The van der Waals surface area contributed by atoms with Gasteiger partial charge in [-0.05, 0) is 42.8 Å². The van der Waals surface area contributed by atoms with Crippen LogP contribution in [-0.2, 0) is 9.59 Å². The normalized spacial score (nSPS) is 14.4. The van der Waals surface area contributed by atoms with E-state index in [2.05, 4.69) is 46.3 Å². The van der Waals surface area contributed by atoms with E-state index in [4.69, 9.17) is 5.11 Å². The molecular weight excluding hydrogens is 342 g/mol. The Hall–Kier alpha value is -3.28. The number of carbonyl (C=O) groups is 2. The Morgan fingerprint density at radius 1 is 0.926 bits per heavy atom. The second-order valence-electron chi connectivity index (χ2n) is 6.47. The largest absolute Gasteiger partial charge is 0.478 e. The van der Waals surface area contributed by atoms with Crippen LogP contribution in [0.2, 0.25) is 0 Å². The molecule has 0 unspecified atom stereocenters. The third-order valence-electron chi connectivity index (χ3n) is 4.61. The molecule has 0 aliphatic carbocycles. The summed E-state index contributed by atoms with van der Waals surface area (Å²) >= 11 is 0. The number of anilines is 3. The first-order valence-electron chi connectivity index (χ1n) is 8.90. The van der Waals surface area contributed by atoms with Gasteiger partial charge in [0.15, 0.2) is 0 Å². The van der Waals surface area contributed by atoms with Gasteiger partial charge in [0, 0.05) is 55.4 Å². The van der Waals surface area contributed by atoms with Crippen molar-refractivity contribution in [3.8, 4) is 0 Å². The maximum atomic E-state index is 11.6. The summed E-state index contributed by atoms with van der Waals surface area (Å²) < 4.78 is 0. The van der Waals surface area contributed by atoms with Crippen molar-refractivity contribution < 1.29 is 14.7 Å². The Morgan fingerprint density at radius 2 is 1.56 bits per heavy atom. The molecule has 0 aromatic heterocycles. The maximum absolute atomic E-state index is 11.6. The quantitative estimate of drug-likeness (QED) is 0.797. The molecule has 1 aliphatic rings. The van der Waals surface area contributed by atoms with Gasteiger partial charge in [0.25, 0.3) is 0 Å². The van der Waals surface area contributed by atoms with Crippen LogP contribution in [0.4, 0.5) is 17.1 Å². The fraction of sp³-hybridized carbons (Fsp3) is 0.238. The standard InChI is InChI=1S/C21H23N3O3/c1-16-4-2-3-5-19(16)24-14-12-23(13-15-24)18-8-6-17(7-9-18)22-20(25)10-11-21(26)27/h2-11H,12-15H2,1H3,(H,22,25)(H,26,27). The van der Waals surface area contributed by atoms with E-state index in [0.717, 1.165) is 44.0 Å². The van der Waals surface area contributed by atoms with E-state index < -0.39 is 11.9 Å². The highest BCUT2D eigenvalue weighted by Gasteiger charge is 2.18. The van der Waals surface area contributed by atoms with Crippen molar-refractivity contribution in [2.24, 2.45) is 0 Å². The van der Waals surface area contributed by atoms with Gasteiger partial charge in [-0.1, -0.05) is 18.2 Å². The molecule has 2 aromatic carbocycles. The molecule has 0 bridgehead atoms. The van der Waals surface area contributed by atoms with E-state index in [9.17, 15) is 9.59 Å². The lowest BCUT2D eigenvalue weighted by Crippen LogP contribution is -2.46. The minimum Gasteiger partial charge on any atom is -0.478 e. The van der Waals surface area contributed by atoms with Crippen molar-refractivity contribution in [1.82, 2.24) is 0 Å². The smallest absolute Gasteiger partial charge is 0.328 e. The second-order valence-corrected chi connectivity index (χ2v) is 6.47. The summed E-state index contributed by atoms with van der Waals surface area (Å²) in [5, 5.41) is 11.2. The number of amides is 1. The molecule has 0 radical (unpaired) electrons. The predicted octanol–water partition coefficient (Wildman–Crippen LogP) is 2.90. The zero-order chi connectivity index (χ0) is 19.2. The van der Waals surface area contributed by atoms with E-state index in [1.807, 2.05) is 24.3 Å². The van der Waals surface area contributed by atoms with Gasteiger partial charge < -0.3 is 20.2 Å². The number of nitrogens with one attached hydrogen (secondary N) is 1. The summed E-state index contributed by atoms with van der Waals surface area (Å²) in [6, 6.07) is 16.0. The highest BCUT2D eigenvalue weighted by Crippen LogP contribution is 2.24. The molecule has 0 saturated carbocycles. The van der Waals surface area contributed by atoms with Crippen LogP contribution in [0.15, 0.2) is 60.7 Å². The zero-order valence-electron chi connectivity index (χ0n) is 15.3. The third kappa shape index (κ3) is 4.88. The van der Waals surface area contributed by atoms with E-state index >= 15 is 0 Å². The molecule has 2 aromatic rings. The van der Waals surface area contributed by atoms with Gasteiger partial charge in [-0.25, -0.2) is 4.79 Å². The van der Waals surface area contributed by atoms with Gasteiger partial charge in [0.2, 0.25) is 5.91 Å². The first-order chi connectivity index (χ1) is 13.0. The summed E-state index contributed by atoms with van der Waals surface area (Å²) in [4.78, 5) is 26.8. The lowest BCUT2D eigenvalue weighted by atomic mass is 10.1. The minimum absolute atomic E-state index is 0.461. The monoisotopic (exact) mass is 365 g/mol. The van der Waals surface area contributed by atoms with Crippen LogP contribution < -0.4 is 15.1 Å². The number of aryl methyl sites for hydroxylation is 1. The van der Waals surface area contributed by atoms with Crippen molar-refractivity contribution in [3.63, 3.8) is 0 Å². The minimum atomic E-state index is -1.15. The van der Waals surface area contributed by atoms with E-state index in [1.54, 1.807) is 0 Å². The summed E-state index contributed by atoms with van der Waals surface area (Å²) in [5.74, 6) is -1.61. The van der Waals surface area contributed by atoms with Crippen LogP contribution in [-0.4, -0.2) is 43.2 Å². The average molecular weight is 365 g/mol. The number of benzene rings is 2. The Morgan fingerprint density at radius 3 is 2.19 bits per heavy atom. The first kappa shape index (κ1) is 18.5. The van der Waals surface area contributed by atoms with E-state index in [1.165, 1.54) is 11.3 Å². The zero-order valence-corrected chi connectivity index (χ0v) is 15.3. The molecule has 6 nitrogen and oxygen atoms in total. The highest BCUT2D eigenvalue weighted by atomic mass is 16.4. The molecule has 1 amide bonds. The first-order valence-corrected chi connectivity index (χ1v) is 8.90. The van der Waals surface area contributed by atoms with Gasteiger partial charge in [0.05, 0.1) is 0 Å². The summed E-state index contributed by atoms with van der Waals surface area (Å²) in [6.45, 7) is 5.93. The third-order valence-corrected chi connectivity index (χ3v) is 4.61. The van der Waals surface area contributed by atoms with Gasteiger partial charge in [-0.3, -0.25) is 4.79 Å². The molecule has 1 heterocycles. The number of nitrogens with zero attached hydrogens (tertiary/aromatic N) is 2. The molecule has 140 valence electrons. The maximum Gasteiger partial charge on any atom is 0.328 e. The van der Waals surface area contributed by atoms with Gasteiger partial charge >= 0.3 is 5.97 Å². The number of carboxylic acids is 1. The van der Waals surface area contributed by atoms with Crippen LogP contribution in [0, 0.1) is 6.92 Å². The van der Waals surface area contributed by atoms with E-state index in [-0.39, 0.29) is 0 Å². The summed E-state index contributed by atoms with van der Waals surface area (Å²) in [6.07, 6.45) is 1.82. The molecule has 1 saturated heterocycles. The van der Waals surface area contributed by atoms with Crippen LogP contribution >= 0.6 is 0 Å². The van der Waals surface area contributed by atoms with Gasteiger partial charge in [-0.2, -0.15) is 0 Å². The van der Waals surface area contributed by atoms with Crippen molar-refractivity contribution in [1.29, 1.82) is 0 Å². The Bertz CT molecular complexity index is 838. The van der Waals surface area contributed by atoms with Crippen molar-refractivity contribution in [2.45, 2.75) is 6.92 Å². The molecule has 1 aliphatic heterocycles. The number of rotatable bonds is 5. The van der Waals surface area contributed by atoms with Gasteiger partial charge in [0.1, 0.15) is 0 Å². The van der Waals surface area contributed by atoms with Crippen molar-refractivity contribution in [3.05, 3.63) is 66.2 Å². The number of para-hydroxylation sites is 1. The molecule has 3 rings (SSSR count). The number of carbonyl (C=O) groups excluding carboxylic acids is 1. The summed E-state index contributed by atoms with van der Waals surface area (Å²) in [5.41, 5.74) is 4.34. The number of hydrogen-bond donors (Lipinski definition) is 2. The lowest BCUT2D eigenvalue weighted by Gasteiger charge is -2.38. The van der Waals surface area contributed by atoms with Crippen LogP contribution in [0.5, 0.6) is 0 Å². The molecule has 0 atom stereocenters. The Kier molecular flexibility index (Phi) is 5.76. The highest BCUT2D eigenvalue weighted by molar-refractivity contribution is 6.02. The number of carboxylic acid groups (broad SMARTS) is 1. The lowest BCUT2D eigenvalue weighted by molar-refractivity contribution is -0.131. The molecule has 0 spiro atoms. The second kappa shape index (κ2) is 8.40. The van der Waals surface area contributed by atoms with Crippen LogP contribution in [0.1, 0.15) is 5.56 Å². The van der Waals surface area contributed by atoms with Crippen LogP contribution in [0.3, 0.4) is 0 Å². The molecular formula is C21H23N3O3.